The van der Waals surface area contributed by atoms with Gasteiger partial charge >= 0.3 is 12.0 Å². The molecule has 0 aliphatic carbocycles. The van der Waals surface area contributed by atoms with Gasteiger partial charge in [-0.15, -0.1) is 11.3 Å². The number of aryl methyl sites for hydroxylation is 1. The Labute approximate surface area is 421 Å². The van der Waals surface area contributed by atoms with Crippen molar-refractivity contribution in [1.82, 2.24) is 49.9 Å². The number of carbonyl (C=O) groups is 5. The number of methoxy groups -OCH3 is 1. The van der Waals surface area contributed by atoms with Crippen LogP contribution < -0.4 is 10.7 Å². The number of cyclic esters (lactones) is 1. The zero-order chi connectivity index (χ0) is 51.2. The first kappa shape index (κ1) is 51.5. The molecule has 1 spiro atoms. The van der Waals surface area contributed by atoms with E-state index in [1.54, 1.807) is 30.2 Å². The van der Waals surface area contributed by atoms with E-state index in [4.69, 9.17) is 19.4 Å². The third-order valence-corrected chi connectivity index (χ3v) is 15.7. The second kappa shape index (κ2) is 20.3. The van der Waals surface area contributed by atoms with E-state index in [-0.39, 0.29) is 30.9 Å². The number of likely N-dealkylation sites (tertiary alicyclic amines) is 2. The molecule has 4 aromatic rings. The fraction of sp³-hybridized carbons (Fsp3) is 0.566. The van der Waals surface area contributed by atoms with Crippen LogP contribution in [0.25, 0.3) is 33.4 Å². The molecule has 380 valence electrons. The van der Waals surface area contributed by atoms with E-state index in [1.807, 2.05) is 58.1 Å². The van der Waals surface area contributed by atoms with Gasteiger partial charge in [-0.25, -0.2) is 15.2 Å². The summed E-state index contributed by atoms with van der Waals surface area (Å²) in [6, 6.07) is 7.24. The highest BCUT2D eigenvalue weighted by molar-refractivity contribution is 7.10. The lowest BCUT2D eigenvalue weighted by molar-refractivity contribution is -0.155. The average molecular weight is 991 g/mol. The van der Waals surface area contributed by atoms with Crippen molar-refractivity contribution in [3.05, 3.63) is 58.2 Å². The normalized spacial score (nSPS) is 20.4. The number of carbonyl (C=O) groups excluding carboxylic acids is 5. The molecule has 8 rings (SSSR count). The minimum atomic E-state index is -1.09. The van der Waals surface area contributed by atoms with Gasteiger partial charge in [-0.1, -0.05) is 39.7 Å². The maximum Gasteiger partial charge on any atom is 0.324 e. The van der Waals surface area contributed by atoms with Crippen LogP contribution >= 0.6 is 11.3 Å². The average Bonchev–Trinajstić information content (AvgIpc) is 3.90. The predicted molar refractivity (Wildman–Crippen MR) is 273 cm³/mol. The molecule has 3 fully saturated rings. The topological polar surface area (TPSA) is 175 Å². The molecule has 3 atom stereocenters. The molecule has 1 unspecified atom stereocenters. The zero-order valence-electron chi connectivity index (χ0n) is 43.2. The van der Waals surface area contributed by atoms with E-state index < -0.39 is 52.4 Å². The van der Waals surface area contributed by atoms with Gasteiger partial charge in [0.1, 0.15) is 18.1 Å². The molecule has 0 radical (unpaired) electrons. The molecule has 1 aromatic carbocycles. The number of nitrogens with zero attached hydrogens (tertiary/aromatic N) is 8. The highest BCUT2D eigenvalue weighted by Crippen LogP contribution is 2.42. The van der Waals surface area contributed by atoms with E-state index in [9.17, 15) is 24.0 Å². The number of likely N-dealkylation sites (N-methyl/N-ethyl adjacent to an activating group) is 1. The first-order valence-corrected chi connectivity index (χ1v) is 25.7. The van der Waals surface area contributed by atoms with Crippen molar-refractivity contribution >= 4 is 52.0 Å². The zero-order valence-corrected chi connectivity index (χ0v) is 44.0. The van der Waals surface area contributed by atoms with Gasteiger partial charge < -0.3 is 34.1 Å². The number of hydrogen-bond donors (Lipinski definition) is 2. The van der Waals surface area contributed by atoms with Gasteiger partial charge in [0.15, 0.2) is 0 Å². The lowest BCUT2D eigenvalue weighted by Crippen LogP contribution is -2.79. The molecule has 2 N–H and O–H groups in total. The molecule has 18 heteroatoms. The van der Waals surface area contributed by atoms with Crippen molar-refractivity contribution in [3.63, 3.8) is 0 Å². The summed E-state index contributed by atoms with van der Waals surface area (Å²) in [5.41, 5.74) is 8.27. The summed E-state index contributed by atoms with van der Waals surface area (Å²) in [6.07, 6.45) is 4.16. The third-order valence-electron chi connectivity index (χ3n) is 14.8. The Morgan fingerprint density at radius 2 is 1.87 bits per heavy atom. The fourth-order valence-electron chi connectivity index (χ4n) is 10.3. The minimum absolute atomic E-state index is 0.0695. The largest absolute Gasteiger partial charge is 0.464 e. The summed E-state index contributed by atoms with van der Waals surface area (Å²) in [6.45, 7) is 16.7. The number of amides is 5. The lowest BCUT2D eigenvalue weighted by Gasteiger charge is -2.62. The second-order valence-corrected chi connectivity index (χ2v) is 22.4. The number of pyridine rings is 1. The van der Waals surface area contributed by atoms with Crippen molar-refractivity contribution < 1.29 is 33.4 Å². The van der Waals surface area contributed by atoms with Gasteiger partial charge in [-0.05, 0) is 102 Å². The molecular formula is C53H70N10O7S. The highest BCUT2D eigenvalue weighted by Gasteiger charge is 2.57. The molecule has 3 aromatic heterocycles. The van der Waals surface area contributed by atoms with E-state index in [0.717, 1.165) is 51.1 Å². The Morgan fingerprint density at radius 3 is 2.55 bits per heavy atom. The van der Waals surface area contributed by atoms with Gasteiger partial charge in [-0.2, -0.15) is 0 Å². The maximum absolute atomic E-state index is 14.7. The number of urea groups is 1. The quantitative estimate of drug-likeness (QED) is 0.164. The minimum Gasteiger partial charge on any atom is -0.464 e. The summed E-state index contributed by atoms with van der Waals surface area (Å²) in [4.78, 5) is 87.4. The van der Waals surface area contributed by atoms with E-state index in [0.29, 0.717) is 63.6 Å². The number of benzene rings is 1. The van der Waals surface area contributed by atoms with E-state index >= 15 is 0 Å². The Bertz CT molecular complexity index is 2760. The van der Waals surface area contributed by atoms with Crippen LogP contribution in [-0.4, -0.2) is 159 Å². The van der Waals surface area contributed by atoms with E-state index in [1.165, 1.54) is 21.2 Å². The van der Waals surface area contributed by atoms with Crippen LogP contribution in [0.15, 0.2) is 41.9 Å². The van der Waals surface area contributed by atoms with Crippen LogP contribution in [-0.2, 0) is 54.6 Å². The van der Waals surface area contributed by atoms with Crippen LogP contribution in [0.1, 0.15) is 84.0 Å². The van der Waals surface area contributed by atoms with Crippen LogP contribution in [0, 0.1) is 23.2 Å². The lowest BCUT2D eigenvalue weighted by atomic mass is 9.77. The molecule has 71 heavy (non-hydrogen) atoms. The van der Waals surface area contributed by atoms with Crippen molar-refractivity contribution in [2.24, 2.45) is 11.3 Å². The molecular weight excluding hydrogens is 921 g/mol. The van der Waals surface area contributed by atoms with Gasteiger partial charge in [0.25, 0.3) is 11.8 Å². The number of ether oxygens (including phenoxy) is 2. The summed E-state index contributed by atoms with van der Waals surface area (Å²) < 4.78 is 14.0. The van der Waals surface area contributed by atoms with Crippen LogP contribution in [0.2, 0.25) is 0 Å². The Hall–Kier alpha value is -5.87. The second-order valence-electron chi connectivity index (χ2n) is 21.5. The first-order valence-electron chi connectivity index (χ1n) is 24.8. The monoisotopic (exact) mass is 991 g/mol. The van der Waals surface area contributed by atoms with Crippen molar-refractivity contribution in [3.8, 4) is 34.4 Å². The van der Waals surface area contributed by atoms with Crippen LogP contribution in [0.4, 0.5) is 4.79 Å². The van der Waals surface area contributed by atoms with Crippen molar-refractivity contribution in [2.75, 3.05) is 61.0 Å². The highest BCUT2D eigenvalue weighted by atomic mass is 32.1. The van der Waals surface area contributed by atoms with Crippen LogP contribution in [0.3, 0.4) is 0 Å². The maximum atomic E-state index is 14.7. The van der Waals surface area contributed by atoms with Gasteiger partial charge in [0.2, 0.25) is 5.91 Å². The first-order chi connectivity index (χ1) is 33.7. The fourth-order valence-corrected chi connectivity index (χ4v) is 11.1. The Balaban J connectivity index is 1.09. The molecule has 7 heterocycles. The number of nitrogens with one attached hydrogen (secondary N) is 2. The molecule has 6 bridgehead atoms. The number of fused-ring (bicyclic) bond motifs is 6. The van der Waals surface area contributed by atoms with Crippen LogP contribution in [0.5, 0.6) is 0 Å². The molecule has 5 amide bonds. The smallest absolute Gasteiger partial charge is 0.324 e. The molecule has 0 saturated carbocycles. The standard InChI is InChI=1S/C53H70N10O7S/c1-12-61-42-18-17-34-25-36(42)37(46(61)35-15-13-22-54-40(35)28-69-11)27-51(4,5)32-70-49(67)38-16-14-23-63(57-38)48(66)39(26-43-55-41(34)29-71-43)56-47(65)45(33(2)3)59(10)50(68)62-24-21-53(62)30-60(31-53)44(64)19-20-52(6,7)58(8)9/h13,15,17-18,22,25,29,33,38-39,45,57H,12,14,16,21,23-24,26-28,30-32H2,1-11H3,(H,56,65)/t38-,39-,45?/m0/s1. The van der Waals surface area contributed by atoms with Gasteiger partial charge in [0, 0.05) is 92.3 Å². The summed E-state index contributed by atoms with van der Waals surface area (Å²) in [5, 5.41) is 8.14. The summed E-state index contributed by atoms with van der Waals surface area (Å²) in [7, 11) is 7.11. The Morgan fingerprint density at radius 1 is 1.11 bits per heavy atom. The SMILES string of the molecule is CCn1c(-c2cccnc2COC)c2c3cc(ccc31)-c1csc(n1)C[C@H](NC(=O)C(C(C)C)N(C)C(=O)N1CCC13CN(C(=O)C#CC(C)(C)N(C)C)C3)C(=O)N1CCC[C@H](N1)C(=O)OCC(C)(C)C2. The van der Waals surface area contributed by atoms with Gasteiger partial charge in [0.05, 0.1) is 46.4 Å². The molecule has 4 aliphatic heterocycles. The van der Waals surface area contributed by atoms with Gasteiger partial charge in [-0.3, -0.25) is 34.1 Å². The molecule has 4 aliphatic rings. The number of hydrazine groups is 1. The summed E-state index contributed by atoms with van der Waals surface area (Å²) in [5.74, 6) is 3.86. The molecule has 17 nitrogen and oxygen atoms in total. The predicted octanol–water partition coefficient (Wildman–Crippen LogP) is 5.35. The Kier molecular flexibility index (Phi) is 14.7. The van der Waals surface area contributed by atoms with E-state index in [2.05, 4.69) is 72.2 Å². The number of esters is 1. The number of rotatable bonds is 9. The number of thiazole rings is 1. The number of aromatic nitrogens is 3. The van der Waals surface area contributed by atoms with Crippen molar-refractivity contribution in [1.29, 1.82) is 0 Å². The summed E-state index contributed by atoms with van der Waals surface area (Å²) >= 11 is 1.41. The number of hydrogen-bond acceptors (Lipinski definition) is 12. The molecule has 3 saturated heterocycles. The third kappa shape index (κ3) is 10.3. The van der Waals surface area contributed by atoms with Crippen molar-refractivity contribution in [2.45, 2.75) is 123 Å².